The fourth-order valence-electron chi connectivity index (χ4n) is 2.57. The Kier molecular flexibility index (Phi) is 4.70. The van der Waals surface area contributed by atoms with Gasteiger partial charge in [0, 0.05) is 22.7 Å². The van der Waals surface area contributed by atoms with Gasteiger partial charge in [-0.3, -0.25) is 5.41 Å². The third kappa shape index (κ3) is 3.33. The van der Waals surface area contributed by atoms with Crippen molar-refractivity contribution in [2.75, 3.05) is 13.7 Å². The van der Waals surface area contributed by atoms with Gasteiger partial charge in [-0.1, -0.05) is 6.07 Å². The van der Waals surface area contributed by atoms with E-state index in [1.54, 1.807) is 42.6 Å². The van der Waals surface area contributed by atoms with Crippen molar-refractivity contribution in [3.63, 3.8) is 0 Å². The van der Waals surface area contributed by atoms with Gasteiger partial charge in [0.15, 0.2) is 0 Å². The van der Waals surface area contributed by atoms with Gasteiger partial charge >= 0.3 is 5.97 Å². The van der Waals surface area contributed by atoms with E-state index in [1.807, 2.05) is 13.0 Å². The number of benzene rings is 2. The topological polar surface area (TPSA) is 84.4 Å². The molecule has 0 saturated carbocycles. The van der Waals surface area contributed by atoms with Gasteiger partial charge in [-0.15, -0.1) is 0 Å². The average molecular weight is 338 g/mol. The zero-order chi connectivity index (χ0) is 17.8. The molecular weight excluding hydrogens is 320 g/mol. The Morgan fingerprint density at radius 3 is 2.80 bits per heavy atom. The Morgan fingerprint density at radius 2 is 2.04 bits per heavy atom. The SMILES string of the molecule is CCOC(=N)c1cccc(Oc2ccc3[nH]ccc3c2C(=O)OC)c1. The maximum Gasteiger partial charge on any atom is 0.342 e. The van der Waals surface area contributed by atoms with Crippen molar-refractivity contribution in [1.29, 1.82) is 5.41 Å². The van der Waals surface area contributed by atoms with E-state index >= 15 is 0 Å². The van der Waals surface area contributed by atoms with Crippen molar-refractivity contribution in [2.45, 2.75) is 6.92 Å². The number of aromatic amines is 1. The Morgan fingerprint density at radius 1 is 1.20 bits per heavy atom. The maximum absolute atomic E-state index is 12.2. The number of methoxy groups -OCH3 is 1. The summed E-state index contributed by atoms with van der Waals surface area (Å²) in [6.07, 6.45) is 1.75. The minimum atomic E-state index is -0.474. The van der Waals surface area contributed by atoms with Crippen molar-refractivity contribution in [3.05, 3.63) is 59.8 Å². The van der Waals surface area contributed by atoms with Crippen LogP contribution in [0.5, 0.6) is 11.5 Å². The largest absolute Gasteiger partial charge is 0.478 e. The minimum absolute atomic E-state index is 0.0715. The molecule has 0 aliphatic carbocycles. The van der Waals surface area contributed by atoms with Crippen LogP contribution in [0, 0.1) is 5.41 Å². The van der Waals surface area contributed by atoms with Crippen molar-refractivity contribution in [2.24, 2.45) is 0 Å². The number of hydrogen-bond acceptors (Lipinski definition) is 5. The third-order valence-electron chi connectivity index (χ3n) is 3.70. The molecule has 0 aliphatic rings. The number of ether oxygens (including phenoxy) is 3. The molecule has 0 spiro atoms. The Balaban J connectivity index is 1.99. The number of carbonyl (C=O) groups excluding carboxylic acids is 1. The summed E-state index contributed by atoms with van der Waals surface area (Å²) in [5.41, 5.74) is 1.77. The highest BCUT2D eigenvalue weighted by molar-refractivity contribution is 6.06. The monoisotopic (exact) mass is 338 g/mol. The predicted molar refractivity (Wildman–Crippen MR) is 94.6 cm³/mol. The molecule has 0 radical (unpaired) electrons. The zero-order valence-electron chi connectivity index (χ0n) is 14.0. The van der Waals surface area contributed by atoms with Crippen LogP contribution in [0.2, 0.25) is 0 Å². The molecule has 2 N–H and O–H groups in total. The summed E-state index contributed by atoms with van der Waals surface area (Å²) in [5, 5.41) is 8.60. The van der Waals surface area contributed by atoms with Crippen molar-refractivity contribution < 1.29 is 19.0 Å². The van der Waals surface area contributed by atoms with Crippen LogP contribution in [0.25, 0.3) is 10.9 Å². The fraction of sp³-hybridized carbons (Fsp3) is 0.158. The molecule has 0 fully saturated rings. The van der Waals surface area contributed by atoms with Crippen molar-refractivity contribution in [1.82, 2.24) is 4.98 Å². The van der Waals surface area contributed by atoms with Gasteiger partial charge < -0.3 is 19.2 Å². The first kappa shape index (κ1) is 16.6. The van der Waals surface area contributed by atoms with Gasteiger partial charge in [-0.2, -0.15) is 0 Å². The molecule has 0 unspecified atom stereocenters. The maximum atomic E-state index is 12.2. The van der Waals surface area contributed by atoms with E-state index in [9.17, 15) is 4.79 Å². The summed E-state index contributed by atoms with van der Waals surface area (Å²) >= 11 is 0. The van der Waals surface area contributed by atoms with Gasteiger partial charge in [-0.05, 0) is 43.3 Å². The minimum Gasteiger partial charge on any atom is -0.478 e. The lowest BCUT2D eigenvalue weighted by Crippen LogP contribution is -2.06. The molecule has 0 aliphatic heterocycles. The highest BCUT2D eigenvalue weighted by Gasteiger charge is 2.18. The Bertz CT molecular complexity index is 930. The molecule has 0 amide bonds. The summed E-state index contributed by atoms with van der Waals surface area (Å²) < 4.78 is 16.0. The molecule has 3 rings (SSSR count). The van der Waals surface area contributed by atoms with Crippen LogP contribution in [-0.4, -0.2) is 30.6 Å². The molecule has 1 heterocycles. The fourth-order valence-corrected chi connectivity index (χ4v) is 2.57. The standard InChI is InChI=1S/C19H18N2O4/c1-3-24-18(20)12-5-4-6-13(11-12)25-16-8-7-15-14(9-10-21-15)17(16)19(22)23-2/h4-11,20-21H,3H2,1-2H3. The van der Waals surface area contributed by atoms with E-state index in [0.717, 1.165) is 10.9 Å². The van der Waals surface area contributed by atoms with E-state index in [1.165, 1.54) is 7.11 Å². The first-order valence-electron chi connectivity index (χ1n) is 7.82. The lowest BCUT2D eigenvalue weighted by molar-refractivity contribution is 0.0600. The van der Waals surface area contributed by atoms with Crippen LogP contribution in [0.3, 0.4) is 0 Å². The molecule has 3 aromatic rings. The molecule has 128 valence electrons. The molecule has 1 aromatic heterocycles. The average Bonchev–Trinajstić information content (AvgIpc) is 3.10. The van der Waals surface area contributed by atoms with Crippen LogP contribution in [0.15, 0.2) is 48.7 Å². The summed E-state index contributed by atoms with van der Waals surface area (Å²) in [4.78, 5) is 15.3. The first-order valence-corrected chi connectivity index (χ1v) is 7.82. The van der Waals surface area contributed by atoms with Crippen LogP contribution >= 0.6 is 0 Å². The Hall–Kier alpha value is -3.28. The summed E-state index contributed by atoms with van der Waals surface area (Å²) in [6, 6.07) is 12.3. The summed E-state index contributed by atoms with van der Waals surface area (Å²) in [7, 11) is 1.33. The molecule has 0 bridgehead atoms. The van der Waals surface area contributed by atoms with Gasteiger partial charge in [0.25, 0.3) is 0 Å². The number of aromatic nitrogens is 1. The van der Waals surface area contributed by atoms with Crippen LogP contribution < -0.4 is 4.74 Å². The van der Waals surface area contributed by atoms with Crippen LogP contribution in [-0.2, 0) is 9.47 Å². The molecule has 2 aromatic carbocycles. The first-order chi connectivity index (χ1) is 12.1. The summed E-state index contributed by atoms with van der Waals surface area (Å²) in [5.74, 6) is 0.488. The van der Waals surface area contributed by atoms with Crippen molar-refractivity contribution in [3.8, 4) is 11.5 Å². The quantitative estimate of drug-likeness (QED) is 0.416. The smallest absolute Gasteiger partial charge is 0.342 e. The lowest BCUT2D eigenvalue weighted by atomic mass is 10.1. The number of H-pyrrole nitrogens is 1. The second kappa shape index (κ2) is 7.09. The van der Waals surface area contributed by atoms with E-state index in [4.69, 9.17) is 19.6 Å². The highest BCUT2D eigenvalue weighted by atomic mass is 16.5. The van der Waals surface area contributed by atoms with Crippen LogP contribution in [0.4, 0.5) is 0 Å². The number of esters is 1. The predicted octanol–water partition coefficient (Wildman–Crippen LogP) is 4.11. The van der Waals surface area contributed by atoms with Gasteiger partial charge in [0.2, 0.25) is 5.90 Å². The summed E-state index contributed by atoms with van der Waals surface area (Å²) in [6.45, 7) is 2.24. The van der Waals surface area contributed by atoms with Crippen molar-refractivity contribution >= 4 is 22.8 Å². The zero-order valence-corrected chi connectivity index (χ0v) is 14.0. The number of nitrogens with one attached hydrogen (secondary N) is 2. The molecular formula is C19H18N2O4. The van der Waals surface area contributed by atoms with E-state index in [-0.39, 0.29) is 5.90 Å². The highest BCUT2D eigenvalue weighted by Crippen LogP contribution is 2.32. The third-order valence-corrected chi connectivity index (χ3v) is 3.70. The second-order valence-electron chi connectivity index (χ2n) is 5.26. The lowest BCUT2D eigenvalue weighted by Gasteiger charge is -2.12. The number of carbonyl (C=O) groups is 1. The van der Waals surface area contributed by atoms with Crippen LogP contribution in [0.1, 0.15) is 22.8 Å². The van der Waals surface area contributed by atoms with E-state index in [0.29, 0.717) is 29.2 Å². The van der Waals surface area contributed by atoms with E-state index < -0.39 is 5.97 Å². The molecule has 0 atom stereocenters. The number of fused-ring (bicyclic) bond motifs is 1. The molecule has 6 heteroatoms. The normalized spacial score (nSPS) is 10.5. The van der Waals surface area contributed by atoms with Gasteiger partial charge in [0.1, 0.15) is 17.1 Å². The van der Waals surface area contributed by atoms with Gasteiger partial charge in [-0.25, -0.2) is 4.79 Å². The van der Waals surface area contributed by atoms with Gasteiger partial charge in [0.05, 0.1) is 13.7 Å². The molecule has 6 nitrogen and oxygen atoms in total. The van der Waals surface area contributed by atoms with E-state index in [2.05, 4.69) is 4.98 Å². The number of hydrogen-bond donors (Lipinski definition) is 2. The molecule has 25 heavy (non-hydrogen) atoms. The Labute approximate surface area is 144 Å². The second-order valence-corrected chi connectivity index (χ2v) is 5.26. The number of rotatable bonds is 5. The molecule has 0 saturated heterocycles.